The molecule has 0 saturated carbocycles. The van der Waals surface area contributed by atoms with Gasteiger partial charge in [0.15, 0.2) is 0 Å². The topological polar surface area (TPSA) is 116 Å². The molecule has 0 spiro atoms. The molecule has 3 heterocycles. The van der Waals surface area contributed by atoms with Crippen molar-refractivity contribution in [3.05, 3.63) is 60.7 Å². The number of nitrogens with one attached hydrogen (secondary N) is 2. The maximum Gasteiger partial charge on any atom is 0.217 e. The zero-order valence-corrected chi connectivity index (χ0v) is 21.4. The number of imidazole rings is 2. The Labute approximate surface area is 220 Å². The summed E-state index contributed by atoms with van der Waals surface area (Å²) in [5, 5.41) is 0. The Hall–Kier alpha value is -4.37. The van der Waals surface area contributed by atoms with Crippen LogP contribution in [0.3, 0.4) is 0 Å². The molecule has 0 bridgehead atoms. The van der Waals surface area contributed by atoms with E-state index in [0.717, 1.165) is 76.8 Å². The summed E-state index contributed by atoms with van der Waals surface area (Å²) in [5.74, 6) is 2.01. The second kappa shape index (κ2) is 10.2. The molecule has 9 heteroatoms. The van der Waals surface area contributed by atoms with Gasteiger partial charge in [-0.3, -0.25) is 4.79 Å². The molecule has 1 aliphatic heterocycles. The Morgan fingerprint density at radius 2 is 1.58 bits per heavy atom. The fourth-order valence-electron chi connectivity index (χ4n) is 4.86. The van der Waals surface area contributed by atoms with E-state index < -0.39 is 0 Å². The quantitative estimate of drug-likeness (QED) is 0.270. The maximum atomic E-state index is 10.9. The number of carbonyl (C=O) groups excluding carboxylic acids is 1. The SMILES string of the molecule is CN1CCN(c2ccc3nc(-c4ccc5nc(-c6cccc(OCCCC(N)=O)c6)[nH]c5c4)[nH]c3c2)CC1. The molecule has 9 nitrogen and oxygen atoms in total. The number of rotatable bonds is 8. The molecule has 38 heavy (non-hydrogen) atoms. The van der Waals surface area contributed by atoms with Gasteiger partial charge in [-0.1, -0.05) is 12.1 Å². The molecule has 2 aromatic heterocycles. The highest BCUT2D eigenvalue weighted by atomic mass is 16.5. The van der Waals surface area contributed by atoms with Crippen LogP contribution in [0, 0.1) is 0 Å². The Kier molecular flexibility index (Phi) is 6.43. The lowest BCUT2D eigenvalue weighted by Crippen LogP contribution is -2.44. The minimum Gasteiger partial charge on any atom is -0.494 e. The second-order valence-electron chi connectivity index (χ2n) is 9.84. The van der Waals surface area contributed by atoms with E-state index in [4.69, 9.17) is 20.4 Å². The Morgan fingerprint density at radius 3 is 2.32 bits per heavy atom. The van der Waals surface area contributed by atoms with E-state index >= 15 is 0 Å². The molecule has 1 saturated heterocycles. The van der Waals surface area contributed by atoms with Crippen molar-refractivity contribution < 1.29 is 9.53 Å². The van der Waals surface area contributed by atoms with Gasteiger partial charge < -0.3 is 30.2 Å². The third-order valence-corrected chi connectivity index (χ3v) is 7.03. The molecule has 1 fully saturated rings. The number of hydrogen-bond donors (Lipinski definition) is 3. The summed E-state index contributed by atoms with van der Waals surface area (Å²) in [5.41, 5.74) is 12.2. The molecular weight excluding hydrogens is 478 g/mol. The molecule has 3 aromatic carbocycles. The van der Waals surface area contributed by atoms with E-state index in [1.54, 1.807) is 0 Å². The Bertz CT molecular complexity index is 1600. The van der Waals surface area contributed by atoms with E-state index in [-0.39, 0.29) is 5.91 Å². The van der Waals surface area contributed by atoms with Gasteiger partial charge in [0.2, 0.25) is 5.91 Å². The first-order valence-corrected chi connectivity index (χ1v) is 13.0. The van der Waals surface area contributed by atoms with Crippen molar-refractivity contribution in [2.75, 3.05) is 44.7 Å². The van der Waals surface area contributed by atoms with Crippen molar-refractivity contribution in [2.45, 2.75) is 12.8 Å². The van der Waals surface area contributed by atoms with Gasteiger partial charge >= 0.3 is 0 Å². The van der Waals surface area contributed by atoms with Gasteiger partial charge in [0.05, 0.1) is 28.7 Å². The predicted molar refractivity (Wildman–Crippen MR) is 150 cm³/mol. The number of amides is 1. The fraction of sp³-hybridized carbons (Fsp3) is 0.276. The number of primary amides is 1. The van der Waals surface area contributed by atoms with Crippen LogP contribution in [0.25, 0.3) is 44.8 Å². The fourth-order valence-corrected chi connectivity index (χ4v) is 4.86. The second-order valence-corrected chi connectivity index (χ2v) is 9.84. The summed E-state index contributed by atoms with van der Waals surface area (Å²) in [6.45, 7) is 4.65. The van der Waals surface area contributed by atoms with E-state index in [9.17, 15) is 4.79 Å². The number of likely N-dealkylation sites (N-methyl/N-ethyl adjacent to an activating group) is 1. The van der Waals surface area contributed by atoms with Crippen molar-refractivity contribution in [3.8, 4) is 28.5 Å². The number of anilines is 1. The molecule has 4 N–H and O–H groups in total. The number of ether oxygens (including phenoxy) is 1. The van der Waals surface area contributed by atoms with Gasteiger partial charge in [0.25, 0.3) is 0 Å². The van der Waals surface area contributed by atoms with Crippen molar-refractivity contribution in [2.24, 2.45) is 5.73 Å². The van der Waals surface area contributed by atoms with Gasteiger partial charge in [-0.25, -0.2) is 9.97 Å². The largest absolute Gasteiger partial charge is 0.494 e. The molecule has 0 radical (unpaired) electrons. The van der Waals surface area contributed by atoms with Crippen LogP contribution >= 0.6 is 0 Å². The number of fused-ring (bicyclic) bond motifs is 2. The summed E-state index contributed by atoms with van der Waals surface area (Å²) >= 11 is 0. The highest BCUT2D eigenvalue weighted by Gasteiger charge is 2.16. The first kappa shape index (κ1) is 24.0. The van der Waals surface area contributed by atoms with Crippen LogP contribution in [0.4, 0.5) is 5.69 Å². The first-order valence-electron chi connectivity index (χ1n) is 13.0. The minimum atomic E-state index is -0.318. The third kappa shape index (κ3) is 5.05. The molecule has 194 valence electrons. The molecule has 0 aliphatic carbocycles. The average molecular weight is 510 g/mol. The van der Waals surface area contributed by atoms with Crippen molar-refractivity contribution >= 4 is 33.7 Å². The monoisotopic (exact) mass is 509 g/mol. The molecule has 6 rings (SSSR count). The number of piperazine rings is 1. The zero-order valence-electron chi connectivity index (χ0n) is 21.4. The maximum absolute atomic E-state index is 10.9. The molecule has 0 unspecified atom stereocenters. The lowest BCUT2D eigenvalue weighted by atomic mass is 10.2. The third-order valence-electron chi connectivity index (χ3n) is 7.03. The normalized spacial score (nSPS) is 14.4. The molecular formula is C29H31N7O2. The van der Waals surface area contributed by atoms with E-state index in [2.05, 4.69) is 51.1 Å². The van der Waals surface area contributed by atoms with Crippen LogP contribution in [0.1, 0.15) is 12.8 Å². The summed E-state index contributed by atoms with van der Waals surface area (Å²) < 4.78 is 5.78. The van der Waals surface area contributed by atoms with E-state index in [1.165, 1.54) is 5.69 Å². The van der Waals surface area contributed by atoms with Crippen molar-refractivity contribution in [3.63, 3.8) is 0 Å². The van der Waals surface area contributed by atoms with Crippen LogP contribution in [0.5, 0.6) is 5.75 Å². The zero-order chi connectivity index (χ0) is 26.1. The number of hydrogen-bond acceptors (Lipinski definition) is 6. The highest BCUT2D eigenvalue weighted by Crippen LogP contribution is 2.29. The molecule has 0 atom stereocenters. The van der Waals surface area contributed by atoms with Crippen LogP contribution in [-0.4, -0.2) is 70.6 Å². The van der Waals surface area contributed by atoms with Crippen molar-refractivity contribution in [1.29, 1.82) is 0 Å². The lowest BCUT2D eigenvalue weighted by Gasteiger charge is -2.34. The minimum absolute atomic E-state index is 0.314. The summed E-state index contributed by atoms with van der Waals surface area (Å²) in [7, 11) is 2.17. The van der Waals surface area contributed by atoms with Crippen LogP contribution in [0.2, 0.25) is 0 Å². The van der Waals surface area contributed by atoms with Crippen LogP contribution < -0.4 is 15.4 Å². The van der Waals surface area contributed by atoms with Gasteiger partial charge in [-0.15, -0.1) is 0 Å². The smallest absolute Gasteiger partial charge is 0.217 e. The van der Waals surface area contributed by atoms with Crippen LogP contribution in [0.15, 0.2) is 60.7 Å². The summed E-state index contributed by atoms with van der Waals surface area (Å²) in [6.07, 6.45) is 0.903. The number of carbonyl (C=O) groups is 1. The Balaban J connectivity index is 1.22. The molecule has 1 aliphatic rings. The van der Waals surface area contributed by atoms with Crippen molar-refractivity contribution in [1.82, 2.24) is 24.8 Å². The van der Waals surface area contributed by atoms with E-state index in [1.807, 2.05) is 36.4 Å². The van der Waals surface area contributed by atoms with Gasteiger partial charge in [-0.2, -0.15) is 0 Å². The summed E-state index contributed by atoms with van der Waals surface area (Å²) in [4.78, 5) is 32.3. The average Bonchev–Trinajstić information content (AvgIpc) is 3.55. The van der Waals surface area contributed by atoms with Crippen LogP contribution in [-0.2, 0) is 4.79 Å². The summed E-state index contributed by atoms with van der Waals surface area (Å²) in [6, 6.07) is 20.4. The van der Waals surface area contributed by atoms with Gasteiger partial charge in [0.1, 0.15) is 17.4 Å². The number of aromatic nitrogens is 4. The number of nitrogens with two attached hydrogens (primary N) is 1. The number of benzene rings is 3. The first-order chi connectivity index (χ1) is 18.5. The van der Waals surface area contributed by atoms with E-state index in [0.29, 0.717) is 19.4 Å². The number of nitrogens with zero attached hydrogens (tertiary/aromatic N) is 4. The number of H-pyrrole nitrogens is 2. The van der Waals surface area contributed by atoms with Gasteiger partial charge in [0, 0.05) is 49.4 Å². The Morgan fingerprint density at radius 1 is 0.895 bits per heavy atom. The van der Waals surface area contributed by atoms with Gasteiger partial charge in [-0.05, 0) is 62.0 Å². The molecule has 5 aromatic rings. The molecule has 1 amide bonds. The standard InChI is InChI=1S/C29H31N7O2/c1-35-11-13-36(14-12-35)21-8-10-24-26(18-21)34-29(32-24)20-7-9-23-25(17-20)33-28(31-23)19-4-2-5-22(16-19)38-15-3-6-27(30)37/h2,4-5,7-10,16-18H,3,6,11-15H2,1H3,(H2,30,37)(H,31,33)(H,32,34). The number of aromatic amines is 2. The predicted octanol–water partition coefficient (Wildman–Crippen LogP) is 4.17. The lowest BCUT2D eigenvalue weighted by molar-refractivity contribution is -0.118. The highest BCUT2D eigenvalue weighted by molar-refractivity contribution is 5.87.